The van der Waals surface area contributed by atoms with Crippen LogP contribution in [0.3, 0.4) is 0 Å². The van der Waals surface area contributed by atoms with Crippen LogP contribution in [0.15, 0.2) is 0 Å². The van der Waals surface area contributed by atoms with Crippen molar-refractivity contribution in [2.24, 2.45) is 5.92 Å². The van der Waals surface area contributed by atoms with E-state index >= 15 is 0 Å². The van der Waals surface area contributed by atoms with E-state index in [4.69, 9.17) is 4.55 Å². The lowest BCUT2D eigenvalue weighted by molar-refractivity contribution is 0.166. The van der Waals surface area contributed by atoms with Crippen LogP contribution in [0.5, 0.6) is 0 Å². The van der Waals surface area contributed by atoms with Crippen molar-refractivity contribution in [1.29, 1.82) is 0 Å². The summed E-state index contributed by atoms with van der Waals surface area (Å²) in [5.74, 6) is 0.564. The van der Waals surface area contributed by atoms with Gasteiger partial charge in [0.1, 0.15) is 5.25 Å². The highest BCUT2D eigenvalue weighted by molar-refractivity contribution is 7.86. The number of nitrogens with one attached hydrogen (secondary N) is 1. The minimum Gasteiger partial charge on any atom is -0.390 e. The van der Waals surface area contributed by atoms with Gasteiger partial charge in [0.25, 0.3) is 10.1 Å². The Morgan fingerprint density at radius 2 is 1.80 bits per heavy atom. The average Bonchev–Trinajstić information content (AvgIpc) is 2.09. The number of aliphatic hydroxyl groups excluding tert-OH is 1. The predicted octanol–water partition coefficient (Wildman–Crippen LogP) is 0.259. The summed E-state index contributed by atoms with van der Waals surface area (Å²) >= 11 is 0. The standard InChI is InChI=1S/C9H21NO4S/c1-7(2)4-5-10-6-9(11)8(3)15(12,13)14/h7-11H,4-6H2,1-3H3,(H,12,13,14). The summed E-state index contributed by atoms with van der Waals surface area (Å²) < 4.78 is 30.0. The Kier molecular flexibility index (Phi) is 6.35. The van der Waals surface area contributed by atoms with Crippen LogP contribution < -0.4 is 5.32 Å². The summed E-state index contributed by atoms with van der Waals surface area (Å²) in [6, 6.07) is 0. The average molecular weight is 239 g/mol. The van der Waals surface area contributed by atoms with Crippen LogP contribution in [0.1, 0.15) is 27.2 Å². The Morgan fingerprint density at radius 1 is 1.27 bits per heavy atom. The molecular formula is C9H21NO4S. The molecule has 3 N–H and O–H groups in total. The SMILES string of the molecule is CC(C)CCNCC(O)C(C)S(=O)(=O)O. The van der Waals surface area contributed by atoms with Crippen LogP contribution >= 0.6 is 0 Å². The Bertz CT molecular complexity index is 263. The maximum atomic E-state index is 10.7. The summed E-state index contributed by atoms with van der Waals surface area (Å²) in [4.78, 5) is 0. The van der Waals surface area contributed by atoms with Crippen LogP contribution in [0.2, 0.25) is 0 Å². The highest BCUT2D eigenvalue weighted by atomic mass is 32.2. The van der Waals surface area contributed by atoms with Crippen molar-refractivity contribution in [3.63, 3.8) is 0 Å². The molecule has 0 radical (unpaired) electrons. The third-order valence-corrected chi connectivity index (χ3v) is 3.52. The van der Waals surface area contributed by atoms with Gasteiger partial charge in [-0.1, -0.05) is 13.8 Å². The largest absolute Gasteiger partial charge is 0.390 e. The second-order valence-electron chi connectivity index (χ2n) is 4.17. The van der Waals surface area contributed by atoms with Crippen molar-refractivity contribution >= 4 is 10.1 Å². The maximum Gasteiger partial charge on any atom is 0.270 e. The zero-order chi connectivity index (χ0) is 12.1. The minimum atomic E-state index is -4.15. The Labute approximate surface area is 91.6 Å². The van der Waals surface area contributed by atoms with E-state index in [0.29, 0.717) is 5.92 Å². The maximum absolute atomic E-state index is 10.7. The molecule has 0 rings (SSSR count). The lowest BCUT2D eigenvalue weighted by Gasteiger charge is -2.16. The first-order valence-corrected chi connectivity index (χ1v) is 6.60. The summed E-state index contributed by atoms with van der Waals surface area (Å²) in [5, 5.41) is 11.2. The quantitative estimate of drug-likeness (QED) is 0.438. The predicted molar refractivity (Wildman–Crippen MR) is 59.3 cm³/mol. The highest BCUT2D eigenvalue weighted by Crippen LogP contribution is 2.03. The fraction of sp³-hybridized carbons (Fsp3) is 1.00. The van der Waals surface area contributed by atoms with Crippen LogP contribution in [0.4, 0.5) is 0 Å². The van der Waals surface area contributed by atoms with Gasteiger partial charge < -0.3 is 10.4 Å². The second kappa shape index (κ2) is 6.42. The summed E-state index contributed by atoms with van der Waals surface area (Å²) in [7, 11) is -4.15. The molecule has 0 aromatic rings. The molecule has 0 spiro atoms. The fourth-order valence-electron chi connectivity index (χ4n) is 1.01. The van der Waals surface area contributed by atoms with Gasteiger partial charge >= 0.3 is 0 Å². The van der Waals surface area contributed by atoms with E-state index in [1.807, 2.05) is 0 Å². The van der Waals surface area contributed by atoms with Crippen molar-refractivity contribution in [3.05, 3.63) is 0 Å². The lowest BCUT2D eigenvalue weighted by Crippen LogP contribution is -2.39. The van der Waals surface area contributed by atoms with Crippen molar-refractivity contribution < 1.29 is 18.1 Å². The monoisotopic (exact) mass is 239 g/mol. The van der Waals surface area contributed by atoms with Gasteiger partial charge in [-0.15, -0.1) is 0 Å². The van der Waals surface area contributed by atoms with E-state index in [1.54, 1.807) is 0 Å². The van der Waals surface area contributed by atoms with Gasteiger partial charge in [0.15, 0.2) is 0 Å². The molecule has 0 aromatic carbocycles. The normalized spacial score (nSPS) is 16.7. The minimum absolute atomic E-state index is 0.174. The van der Waals surface area contributed by atoms with Gasteiger partial charge in [-0.25, -0.2) is 0 Å². The molecule has 0 amide bonds. The van der Waals surface area contributed by atoms with E-state index in [9.17, 15) is 13.5 Å². The van der Waals surface area contributed by atoms with E-state index in [2.05, 4.69) is 19.2 Å². The highest BCUT2D eigenvalue weighted by Gasteiger charge is 2.25. The molecule has 0 saturated heterocycles. The topological polar surface area (TPSA) is 86.6 Å². The van der Waals surface area contributed by atoms with Gasteiger partial charge in [-0.2, -0.15) is 8.42 Å². The van der Waals surface area contributed by atoms with E-state index in [1.165, 1.54) is 6.92 Å². The summed E-state index contributed by atoms with van der Waals surface area (Å²) in [5.41, 5.74) is 0. The molecule has 0 aliphatic rings. The van der Waals surface area contributed by atoms with Crippen LogP contribution in [-0.4, -0.2) is 42.5 Å². The van der Waals surface area contributed by atoms with Gasteiger partial charge in [0.2, 0.25) is 0 Å². The Balaban J connectivity index is 3.80. The van der Waals surface area contributed by atoms with Crippen LogP contribution in [-0.2, 0) is 10.1 Å². The molecule has 0 saturated carbocycles. The number of rotatable bonds is 7. The zero-order valence-electron chi connectivity index (χ0n) is 9.47. The first-order valence-electron chi connectivity index (χ1n) is 5.10. The molecule has 2 atom stereocenters. The Morgan fingerprint density at radius 3 is 2.20 bits per heavy atom. The second-order valence-corrected chi connectivity index (χ2v) is 5.95. The number of aliphatic hydroxyl groups is 1. The molecule has 92 valence electrons. The molecule has 0 aliphatic heterocycles. The third-order valence-electron chi connectivity index (χ3n) is 2.26. The first-order chi connectivity index (χ1) is 6.75. The molecule has 5 nitrogen and oxygen atoms in total. The van der Waals surface area contributed by atoms with E-state index in [-0.39, 0.29) is 6.54 Å². The van der Waals surface area contributed by atoms with Gasteiger partial charge in [0, 0.05) is 6.54 Å². The van der Waals surface area contributed by atoms with Gasteiger partial charge in [-0.05, 0) is 25.8 Å². The molecule has 0 bridgehead atoms. The Hall–Kier alpha value is -0.170. The molecular weight excluding hydrogens is 218 g/mol. The molecule has 6 heteroatoms. The third kappa shape index (κ3) is 6.83. The number of hydrogen-bond acceptors (Lipinski definition) is 4. The zero-order valence-corrected chi connectivity index (χ0v) is 10.3. The molecule has 2 unspecified atom stereocenters. The summed E-state index contributed by atoms with van der Waals surface area (Å²) in [6.45, 7) is 6.35. The van der Waals surface area contributed by atoms with Crippen molar-refractivity contribution in [2.75, 3.05) is 13.1 Å². The molecule has 0 aromatic heterocycles. The molecule has 0 aliphatic carbocycles. The lowest BCUT2D eigenvalue weighted by atomic mass is 10.1. The fourth-order valence-corrected chi connectivity index (χ4v) is 1.50. The van der Waals surface area contributed by atoms with E-state index < -0.39 is 21.5 Å². The van der Waals surface area contributed by atoms with Gasteiger partial charge in [-0.3, -0.25) is 4.55 Å². The summed E-state index contributed by atoms with van der Waals surface area (Å²) in [6.07, 6.45) is -0.111. The van der Waals surface area contributed by atoms with Crippen LogP contribution in [0, 0.1) is 5.92 Å². The molecule has 0 fully saturated rings. The smallest absolute Gasteiger partial charge is 0.270 e. The van der Waals surface area contributed by atoms with Crippen molar-refractivity contribution in [1.82, 2.24) is 5.32 Å². The number of hydrogen-bond donors (Lipinski definition) is 3. The van der Waals surface area contributed by atoms with Crippen molar-refractivity contribution in [2.45, 2.75) is 38.5 Å². The van der Waals surface area contributed by atoms with Crippen LogP contribution in [0.25, 0.3) is 0 Å². The molecule has 0 heterocycles. The van der Waals surface area contributed by atoms with Crippen molar-refractivity contribution in [3.8, 4) is 0 Å². The van der Waals surface area contributed by atoms with E-state index in [0.717, 1.165) is 13.0 Å². The van der Waals surface area contributed by atoms with Gasteiger partial charge in [0.05, 0.1) is 6.10 Å². The molecule has 15 heavy (non-hydrogen) atoms. The first kappa shape index (κ1) is 14.8.